The van der Waals surface area contributed by atoms with Crippen LogP contribution in [0.15, 0.2) is 11.0 Å². The molecule has 1 heterocycles. The number of nitrogens with one attached hydrogen (secondary N) is 1. The van der Waals surface area contributed by atoms with E-state index in [1.807, 2.05) is 27.7 Å². The lowest BCUT2D eigenvalue weighted by Gasteiger charge is -2.12. The summed E-state index contributed by atoms with van der Waals surface area (Å²) in [4.78, 5) is 26.4. The van der Waals surface area contributed by atoms with Gasteiger partial charge in [0.15, 0.2) is 5.78 Å². The van der Waals surface area contributed by atoms with Gasteiger partial charge in [-0.25, -0.2) is 0 Å². The summed E-state index contributed by atoms with van der Waals surface area (Å²) in [5.41, 5.74) is 2.07. The minimum atomic E-state index is -0.257. The summed E-state index contributed by atoms with van der Waals surface area (Å²) in [6.45, 7) is 7.64. The smallest absolute Gasteiger partial charge is 0.259 e. The van der Waals surface area contributed by atoms with E-state index in [1.54, 1.807) is 6.20 Å². The van der Waals surface area contributed by atoms with Crippen LogP contribution in [0.2, 0.25) is 0 Å². The molecule has 1 rings (SSSR count). The zero-order chi connectivity index (χ0) is 12.3. The van der Waals surface area contributed by atoms with Crippen LogP contribution in [-0.2, 0) is 12.8 Å². The van der Waals surface area contributed by atoms with Gasteiger partial charge in [0.05, 0.1) is 5.56 Å². The lowest BCUT2D eigenvalue weighted by Crippen LogP contribution is -2.24. The summed E-state index contributed by atoms with van der Waals surface area (Å²) in [6.07, 6.45) is 3.28. The van der Waals surface area contributed by atoms with Crippen molar-refractivity contribution in [2.45, 2.75) is 40.5 Å². The molecule has 0 bridgehead atoms. The maximum atomic E-state index is 12.0. The molecule has 0 amide bonds. The fraction of sp³-hybridized carbons (Fsp3) is 0.538. The number of carbonyl (C=O) groups excluding carboxylic acids is 1. The van der Waals surface area contributed by atoms with Gasteiger partial charge < -0.3 is 4.98 Å². The van der Waals surface area contributed by atoms with Crippen LogP contribution in [0.4, 0.5) is 0 Å². The highest BCUT2D eigenvalue weighted by Gasteiger charge is 2.19. The first-order valence-corrected chi connectivity index (χ1v) is 5.80. The monoisotopic (exact) mass is 221 g/mol. The minimum Gasteiger partial charge on any atom is -0.328 e. The third kappa shape index (κ3) is 2.23. The van der Waals surface area contributed by atoms with Crippen LogP contribution >= 0.6 is 0 Å². The third-order valence-electron chi connectivity index (χ3n) is 2.80. The molecule has 88 valence electrons. The quantitative estimate of drug-likeness (QED) is 0.793. The Kier molecular flexibility index (Phi) is 4.05. The molecule has 3 heteroatoms. The number of hydrogen-bond donors (Lipinski definition) is 1. The molecule has 0 aliphatic rings. The van der Waals surface area contributed by atoms with Crippen LogP contribution in [-0.4, -0.2) is 10.8 Å². The molecule has 0 saturated carbocycles. The average molecular weight is 221 g/mol. The van der Waals surface area contributed by atoms with E-state index in [-0.39, 0.29) is 17.3 Å². The van der Waals surface area contributed by atoms with Crippen molar-refractivity contribution in [1.29, 1.82) is 0 Å². The predicted octanol–water partition coefficient (Wildman–Crippen LogP) is 2.34. The van der Waals surface area contributed by atoms with Crippen molar-refractivity contribution < 1.29 is 4.79 Å². The maximum Gasteiger partial charge on any atom is 0.259 e. The second kappa shape index (κ2) is 5.10. The Balaban J connectivity index is 3.46. The lowest BCUT2D eigenvalue weighted by atomic mass is 9.93. The van der Waals surface area contributed by atoms with E-state index in [1.165, 1.54) is 0 Å². The molecule has 0 radical (unpaired) electrons. The van der Waals surface area contributed by atoms with E-state index in [4.69, 9.17) is 0 Å². The van der Waals surface area contributed by atoms with Crippen molar-refractivity contribution in [2.75, 3.05) is 0 Å². The summed E-state index contributed by atoms with van der Waals surface area (Å²) in [5.74, 6) is -0.202. The third-order valence-corrected chi connectivity index (χ3v) is 2.80. The molecule has 0 spiro atoms. The van der Waals surface area contributed by atoms with Crippen molar-refractivity contribution in [3.05, 3.63) is 33.2 Å². The van der Waals surface area contributed by atoms with Crippen LogP contribution in [0, 0.1) is 5.92 Å². The van der Waals surface area contributed by atoms with Gasteiger partial charge >= 0.3 is 0 Å². The topological polar surface area (TPSA) is 49.9 Å². The average Bonchev–Trinajstić information content (AvgIpc) is 2.27. The first kappa shape index (κ1) is 12.7. The number of carbonyl (C=O) groups is 1. The van der Waals surface area contributed by atoms with Gasteiger partial charge in [0.25, 0.3) is 5.56 Å². The summed E-state index contributed by atoms with van der Waals surface area (Å²) < 4.78 is 0. The first-order chi connectivity index (χ1) is 7.52. The van der Waals surface area contributed by atoms with Crippen molar-refractivity contribution in [1.82, 2.24) is 4.98 Å². The Labute approximate surface area is 95.9 Å². The summed E-state index contributed by atoms with van der Waals surface area (Å²) in [5, 5.41) is 0. The highest BCUT2D eigenvalue weighted by molar-refractivity contribution is 5.98. The van der Waals surface area contributed by atoms with Crippen molar-refractivity contribution in [3.63, 3.8) is 0 Å². The number of H-pyrrole nitrogens is 1. The van der Waals surface area contributed by atoms with E-state index >= 15 is 0 Å². The van der Waals surface area contributed by atoms with Crippen LogP contribution < -0.4 is 5.56 Å². The van der Waals surface area contributed by atoms with Crippen molar-refractivity contribution in [2.24, 2.45) is 5.92 Å². The number of aromatic amines is 1. The number of Topliss-reactive ketones (excluding diaryl/α,β-unsaturated/α-hetero) is 1. The molecular formula is C13H19NO2. The molecule has 1 N–H and O–H groups in total. The predicted molar refractivity (Wildman–Crippen MR) is 65.0 cm³/mol. The van der Waals surface area contributed by atoms with Gasteiger partial charge in [-0.3, -0.25) is 9.59 Å². The van der Waals surface area contributed by atoms with Gasteiger partial charge in [0.2, 0.25) is 0 Å². The maximum absolute atomic E-state index is 12.0. The van der Waals surface area contributed by atoms with Gasteiger partial charge in [-0.1, -0.05) is 27.7 Å². The Morgan fingerprint density at radius 2 is 1.94 bits per heavy atom. The Bertz CT molecular complexity index is 444. The number of rotatable bonds is 4. The van der Waals surface area contributed by atoms with E-state index in [9.17, 15) is 9.59 Å². The number of aryl methyl sites for hydroxylation is 1. The number of ketones is 1. The summed E-state index contributed by atoms with van der Waals surface area (Å²) in [7, 11) is 0. The van der Waals surface area contributed by atoms with Crippen molar-refractivity contribution >= 4 is 5.78 Å². The molecule has 1 aromatic rings. The second-order valence-corrected chi connectivity index (χ2v) is 4.22. The van der Waals surface area contributed by atoms with Gasteiger partial charge in [-0.05, 0) is 24.0 Å². The highest BCUT2D eigenvalue weighted by Crippen LogP contribution is 2.15. The highest BCUT2D eigenvalue weighted by atomic mass is 16.1. The number of pyridine rings is 1. The summed E-state index contributed by atoms with van der Waals surface area (Å²) in [6, 6.07) is 0. The fourth-order valence-electron chi connectivity index (χ4n) is 1.88. The molecule has 0 aliphatic heterocycles. The second-order valence-electron chi connectivity index (χ2n) is 4.22. The molecular weight excluding hydrogens is 202 g/mol. The largest absolute Gasteiger partial charge is 0.328 e. The fourth-order valence-corrected chi connectivity index (χ4v) is 1.88. The van der Waals surface area contributed by atoms with Crippen LogP contribution in [0.5, 0.6) is 0 Å². The molecule has 16 heavy (non-hydrogen) atoms. The lowest BCUT2D eigenvalue weighted by molar-refractivity contribution is 0.0936. The Morgan fingerprint density at radius 3 is 2.38 bits per heavy atom. The van der Waals surface area contributed by atoms with Crippen LogP contribution in [0.1, 0.15) is 49.2 Å². The van der Waals surface area contributed by atoms with E-state index in [2.05, 4.69) is 4.98 Å². The number of hydrogen-bond acceptors (Lipinski definition) is 2. The van der Waals surface area contributed by atoms with Gasteiger partial charge in [0.1, 0.15) is 0 Å². The van der Waals surface area contributed by atoms with Gasteiger partial charge in [-0.2, -0.15) is 0 Å². The van der Waals surface area contributed by atoms with Crippen molar-refractivity contribution in [3.8, 4) is 0 Å². The zero-order valence-electron chi connectivity index (χ0n) is 10.4. The standard InChI is InChI=1S/C13H19NO2/c1-5-9-7-14-13(16)11(10(9)6-2)12(15)8(3)4/h7-8H,5-6H2,1-4H3,(H,14,16). The van der Waals surface area contributed by atoms with E-state index < -0.39 is 0 Å². The Morgan fingerprint density at radius 1 is 1.31 bits per heavy atom. The van der Waals surface area contributed by atoms with Gasteiger partial charge in [-0.15, -0.1) is 0 Å². The van der Waals surface area contributed by atoms with Crippen LogP contribution in [0.3, 0.4) is 0 Å². The summed E-state index contributed by atoms with van der Waals surface area (Å²) >= 11 is 0. The Hall–Kier alpha value is -1.38. The SMILES string of the molecule is CCc1c[nH]c(=O)c(C(=O)C(C)C)c1CC. The molecule has 1 aromatic heterocycles. The molecule has 0 fully saturated rings. The molecule has 0 aliphatic carbocycles. The van der Waals surface area contributed by atoms with Crippen LogP contribution in [0.25, 0.3) is 0 Å². The zero-order valence-corrected chi connectivity index (χ0v) is 10.4. The van der Waals surface area contributed by atoms with Gasteiger partial charge in [0, 0.05) is 12.1 Å². The first-order valence-electron chi connectivity index (χ1n) is 5.80. The van der Waals surface area contributed by atoms with E-state index in [0.29, 0.717) is 5.56 Å². The number of aromatic nitrogens is 1. The molecule has 3 nitrogen and oxygen atoms in total. The molecule has 0 unspecified atom stereocenters. The molecule has 0 saturated heterocycles. The normalized spacial score (nSPS) is 10.8. The molecule has 0 atom stereocenters. The minimum absolute atomic E-state index is 0.0617. The van der Waals surface area contributed by atoms with E-state index in [0.717, 1.165) is 24.0 Å². The molecule has 0 aromatic carbocycles.